The predicted octanol–water partition coefficient (Wildman–Crippen LogP) is 7.66. The SMILES string of the molecule is CCOC(=O)C(C)(C)c1ccc(-c2ccc(-c3onc(C)c3CC(=O)O[C@H](C)c3ccccc3Cl)cc2)cc1. The molecule has 0 N–H and O–H groups in total. The second-order valence-corrected chi connectivity index (χ2v) is 10.3. The molecule has 1 heterocycles. The molecule has 7 heteroatoms. The maximum absolute atomic E-state index is 12.8. The lowest BCUT2D eigenvalue weighted by Gasteiger charge is -2.23. The number of hydrogen-bond donors (Lipinski definition) is 0. The van der Waals surface area contributed by atoms with Gasteiger partial charge in [0.05, 0.1) is 24.1 Å². The van der Waals surface area contributed by atoms with E-state index in [4.69, 9.17) is 25.6 Å². The van der Waals surface area contributed by atoms with Gasteiger partial charge in [-0.25, -0.2) is 0 Å². The highest BCUT2D eigenvalue weighted by molar-refractivity contribution is 6.31. The minimum absolute atomic E-state index is 0.0267. The van der Waals surface area contributed by atoms with Crippen LogP contribution in [0.15, 0.2) is 77.3 Å². The van der Waals surface area contributed by atoms with Crippen molar-refractivity contribution in [2.24, 2.45) is 0 Å². The minimum Gasteiger partial charge on any atom is -0.465 e. The molecule has 0 fully saturated rings. The predicted molar refractivity (Wildman–Crippen MR) is 151 cm³/mol. The Labute approximate surface area is 233 Å². The van der Waals surface area contributed by atoms with Gasteiger partial charge in [-0.15, -0.1) is 0 Å². The summed E-state index contributed by atoms with van der Waals surface area (Å²) < 4.78 is 16.5. The lowest BCUT2D eigenvalue weighted by atomic mass is 9.84. The molecule has 0 saturated carbocycles. The Bertz CT molecular complexity index is 1450. The number of carbonyl (C=O) groups is 2. The fourth-order valence-corrected chi connectivity index (χ4v) is 4.69. The van der Waals surface area contributed by atoms with Gasteiger partial charge >= 0.3 is 11.9 Å². The average molecular weight is 546 g/mol. The van der Waals surface area contributed by atoms with E-state index in [1.165, 1.54) is 0 Å². The molecule has 0 bridgehead atoms. The summed E-state index contributed by atoms with van der Waals surface area (Å²) in [5.74, 6) is -0.104. The Morgan fingerprint density at radius 1 is 0.949 bits per heavy atom. The van der Waals surface area contributed by atoms with Crippen LogP contribution in [0.3, 0.4) is 0 Å². The molecule has 1 atom stereocenters. The number of esters is 2. The van der Waals surface area contributed by atoms with Crippen molar-refractivity contribution < 1.29 is 23.6 Å². The first-order valence-corrected chi connectivity index (χ1v) is 13.3. The van der Waals surface area contributed by atoms with Gasteiger partial charge in [0.1, 0.15) is 6.10 Å². The second-order valence-electron chi connectivity index (χ2n) is 9.91. The number of aryl methyl sites for hydroxylation is 1. The molecule has 0 saturated heterocycles. The molecule has 4 aromatic rings. The van der Waals surface area contributed by atoms with Gasteiger partial charge < -0.3 is 14.0 Å². The third kappa shape index (κ3) is 6.23. The van der Waals surface area contributed by atoms with E-state index in [0.717, 1.165) is 27.8 Å². The molecule has 0 aliphatic carbocycles. The molecular formula is C32H32ClNO5. The van der Waals surface area contributed by atoms with Crippen LogP contribution in [-0.2, 0) is 30.9 Å². The summed E-state index contributed by atoms with van der Waals surface area (Å²) in [5.41, 5.74) is 5.05. The Kier molecular flexibility index (Phi) is 8.56. The maximum Gasteiger partial charge on any atom is 0.315 e. The van der Waals surface area contributed by atoms with E-state index in [1.807, 2.05) is 80.6 Å². The molecular weight excluding hydrogens is 514 g/mol. The van der Waals surface area contributed by atoms with Gasteiger partial charge in [-0.05, 0) is 57.4 Å². The molecule has 0 aliphatic heterocycles. The molecule has 6 nitrogen and oxygen atoms in total. The molecule has 39 heavy (non-hydrogen) atoms. The summed E-state index contributed by atoms with van der Waals surface area (Å²) in [6.45, 7) is 9.47. The molecule has 3 aromatic carbocycles. The van der Waals surface area contributed by atoms with Crippen LogP contribution >= 0.6 is 11.6 Å². The number of rotatable bonds is 9. The van der Waals surface area contributed by atoms with Crippen molar-refractivity contribution in [1.29, 1.82) is 0 Å². The quantitative estimate of drug-likeness (QED) is 0.201. The largest absolute Gasteiger partial charge is 0.465 e. The van der Waals surface area contributed by atoms with Crippen LogP contribution < -0.4 is 0 Å². The first kappa shape index (κ1) is 28.1. The van der Waals surface area contributed by atoms with Gasteiger partial charge in [-0.2, -0.15) is 0 Å². The minimum atomic E-state index is -0.731. The summed E-state index contributed by atoms with van der Waals surface area (Å²) in [6.07, 6.45) is -0.456. The van der Waals surface area contributed by atoms with Crippen LogP contribution in [0.5, 0.6) is 0 Å². The number of benzene rings is 3. The number of nitrogens with zero attached hydrogens (tertiary/aromatic N) is 1. The van der Waals surface area contributed by atoms with Gasteiger partial charge in [0.25, 0.3) is 0 Å². The third-order valence-corrected chi connectivity index (χ3v) is 7.17. The first-order chi connectivity index (χ1) is 18.6. The molecule has 4 rings (SSSR count). The van der Waals surface area contributed by atoms with Gasteiger partial charge in [0.15, 0.2) is 5.76 Å². The van der Waals surface area contributed by atoms with Crippen molar-refractivity contribution in [3.63, 3.8) is 0 Å². The van der Waals surface area contributed by atoms with E-state index >= 15 is 0 Å². The van der Waals surface area contributed by atoms with Gasteiger partial charge in [-0.3, -0.25) is 9.59 Å². The fourth-order valence-electron chi connectivity index (χ4n) is 4.40. The van der Waals surface area contributed by atoms with Crippen molar-refractivity contribution in [3.05, 3.63) is 100 Å². The highest BCUT2D eigenvalue weighted by Crippen LogP contribution is 2.32. The molecule has 1 aromatic heterocycles. The monoisotopic (exact) mass is 545 g/mol. The maximum atomic E-state index is 12.8. The highest BCUT2D eigenvalue weighted by atomic mass is 35.5. The van der Waals surface area contributed by atoms with Crippen molar-refractivity contribution in [2.75, 3.05) is 6.61 Å². The first-order valence-electron chi connectivity index (χ1n) is 12.9. The van der Waals surface area contributed by atoms with Crippen LogP contribution in [0.1, 0.15) is 56.2 Å². The van der Waals surface area contributed by atoms with Crippen molar-refractivity contribution in [3.8, 4) is 22.5 Å². The summed E-state index contributed by atoms with van der Waals surface area (Å²) in [7, 11) is 0. The second kappa shape index (κ2) is 11.9. The Hall–Kier alpha value is -3.90. The summed E-state index contributed by atoms with van der Waals surface area (Å²) in [6, 6.07) is 23.0. The topological polar surface area (TPSA) is 78.6 Å². The van der Waals surface area contributed by atoms with Crippen LogP contribution in [0.4, 0.5) is 0 Å². The third-order valence-electron chi connectivity index (χ3n) is 6.83. The van der Waals surface area contributed by atoms with Crippen molar-refractivity contribution in [1.82, 2.24) is 5.16 Å². The van der Waals surface area contributed by atoms with E-state index in [-0.39, 0.29) is 12.4 Å². The van der Waals surface area contributed by atoms with E-state index in [1.54, 1.807) is 26.8 Å². The number of halogens is 1. The molecule has 0 amide bonds. The molecule has 0 spiro atoms. The van der Waals surface area contributed by atoms with Gasteiger partial charge in [-0.1, -0.05) is 83.5 Å². The standard InChI is InChI=1S/C32H32ClNO5/c1-6-37-31(36)32(4,5)25-17-15-23(16-18-25)22-11-13-24(14-12-22)30-27(20(2)34-39-30)19-29(35)38-21(3)26-9-7-8-10-28(26)33/h7-18,21H,6,19H2,1-5H3/t21-/m1/s1. The average Bonchev–Trinajstić information content (AvgIpc) is 3.28. The Balaban J connectivity index is 1.48. The zero-order chi connectivity index (χ0) is 28.2. The van der Waals surface area contributed by atoms with E-state index < -0.39 is 17.5 Å². The van der Waals surface area contributed by atoms with Crippen molar-refractivity contribution >= 4 is 23.5 Å². The Morgan fingerprint density at radius 3 is 2.15 bits per heavy atom. The number of aromatic nitrogens is 1. The van der Waals surface area contributed by atoms with Crippen LogP contribution in [-0.4, -0.2) is 23.7 Å². The van der Waals surface area contributed by atoms with Crippen LogP contribution in [0.25, 0.3) is 22.5 Å². The lowest BCUT2D eigenvalue weighted by molar-refractivity contribution is -0.149. The van der Waals surface area contributed by atoms with E-state index in [9.17, 15) is 9.59 Å². The number of carbonyl (C=O) groups excluding carboxylic acids is 2. The molecule has 0 radical (unpaired) electrons. The summed E-state index contributed by atoms with van der Waals surface area (Å²) >= 11 is 6.25. The Morgan fingerprint density at radius 2 is 1.54 bits per heavy atom. The van der Waals surface area contributed by atoms with Gasteiger partial charge in [0, 0.05) is 21.7 Å². The fraction of sp³-hybridized carbons (Fsp3) is 0.281. The van der Waals surface area contributed by atoms with Crippen molar-refractivity contribution in [2.45, 2.75) is 52.6 Å². The molecule has 0 unspecified atom stereocenters. The smallest absolute Gasteiger partial charge is 0.315 e. The van der Waals surface area contributed by atoms with E-state index in [0.29, 0.717) is 28.6 Å². The zero-order valence-electron chi connectivity index (χ0n) is 22.8. The summed E-state index contributed by atoms with van der Waals surface area (Å²) in [4.78, 5) is 25.1. The lowest BCUT2D eigenvalue weighted by Crippen LogP contribution is -2.31. The number of ether oxygens (including phenoxy) is 2. The van der Waals surface area contributed by atoms with Gasteiger partial charge in [0.2, 0.25) is 0 Å². The normalized spacial score (nSPS) is 12.2. The molecule has 0 aliphatic rings. The van der Waals surface area contributed by atoms with E-state index in [2.05, 4.69) is 5.16 Å². The molecule has 202 valence electrons. The summed E-state index contributed by atoms with van der Waals surface area (Å²) in [5, 5.41) is 4.65. The van der Waals surface area contributed by atoms with Crippen LogP contribution in [0.2, 0.25) is 5.02 Å². The number of hydrogen-bond acceptors (Lipinski definition) is 6. The zero-order valence-corrected chi connectivity index (χ0v) is 23.5. The van der Waals surface area contributed by atoms with Crippen LogP contribution in [0, 0.1) is 6.92 Å². The highest BCUT2D eigenvalue weighted by Gasteiger charge is 2.31.